The molecule has 26 heavy (non-hydrogen) atoms. The second-order valence-electron chi connectivity index (χ2n) is 6.19. The number of hydrogen-bond donors (Lipinski definition) is 2. The van der Waals surface area contributed by atoms with E-state index in [0.717, 1.165) is 49.6 Å². The molecular formula is C18H21F2N3O2S. The van der Waals surface area contributed by atoms with Gasteiger partial charge in [0.15, 0.2) is 11.6 Å². The molecule has 0 bridgehead atoms. The van der Waals surface area contributed by atoms with Gasteiger partial charge in [-0.25, -0.2) is 17.2 Å². The van der Waals surface area contributed by atoms with Crippen LogP contribution in [-0.4, -0.2) is 34.6 Å². The highest BCUT2D eigenvalue weighted by Crippen LogP contribution is 2.33. The lowest BCUT2D eigenvalue weighted by Gasteiger charge is -2.31. The Bertz CT molecular complexity index is 926. The summed E-state index contributed by atoms with van der Waals surface area (Å²) in [4.78, 5) is 1.76. The Kier molecular flexibility index (Phi) is 5.15. The minimum Gasteiger partial charge on any atom is -0.398 e. The summed E-state index contributed by atoms with van der Waals surface area (Å²) in [5, 5.41) is 3.27. The normalized spacial score (nSPS) is 15.3. The van der Waals surface area contributed by atoms with E-state index in [1.165, 1.54) is 0 Å². The lowest BCUT2D eigenvalue weighted by atomic mass is 10.1. The highest BCUT2D eigenvalue weighted by atomic mass is 32.2. The standard InChI is InChI=1S/C18H21F2N3O2S/c1-2-12-9-18(16(21)11-17(12)23-7-5-22-6-8-23)26(24,25)13-3-4-14(19)15(20)10-13/h3-4,9-11,22H,2,5-8,21H2,1H3. The molecule has 0 aromatic heterocycles. The van der Waals surface area contributed by atoms with Crippen LogP contribution in [0.15, 0.2) is 40.1 Å². The summed E-state index contributed by atoms with van der Waals surface area (Å²) in [6.45, 7) is 5.24. The van der Waals surface area contributed by atoms with Crippen LogP contribution in [0.4, 0.5) is 20.2 Å². The number of nitrogens with one attached hydrogen (secondary N) is 1. The molecule has 8 heteroatoms. The first-order chi connectivity index (χ1) is 12.3. The van der Waals surface area contributed by atoms with Crippen molar-refractivity contribution in [3.8, 4) is 0 Å². The molecule has 0 amide bonds. The van der Waals surface area contributed by atoms with Crippen LogP contribution >= 0.6 is 0 Å². The minimum absolute atomic E-state index is 0.0840. The van der Waals surface area contributed by atoms with Gasteiger partial charge in [0.2, 0.25) is 9.84 Å². The highest BCUT2D eigenvalue weighted by Gasteiger charge is 2.25. The number of nitrogens with two attached hydrogens (primary N) is 1. The number of rotatable bonds is 4. The summed E-state index contributed by atoms with van der Waals surface area (Å²) in [6, 6.07) is 5.73. The fourth-order valence-corrected chi connectivity index (χ4v) is 4.54. The van der Waals surface area contributed by atoms with Gasteiger partial charge in [0.05, 0.1) is 15.5 Å². The Labute approximate surface area is 151 Å². The second kappa shape index (κ2) is 7.20. The Hall–Kier alpha value is -2.19. The second-order valence-corrected chi connectivity index (χ2v) is 8.11. The molecule has 5 nitrogen and oxygen atoms in total. The van der Waals surface area contributed by atoms with Gasteiger partial charge in [-0.3, -0.25) is 0 Å². The van der Waals surface area contributed by atoms with Crippen LogP contribution in [0, 0.1) is 11.6 Å². The summed E-state index contributed by atoms with van der Waals surface area (Å²) < 4.78 is 52.4. The molecule has 2 aromatic carbocycles. The summed E-state index contributed by atoms with van der Waals surface area (Å²) >= 11 is 0. The molecule has 0 aliphatic carbocycles. The monoisotopic (exact) mass is 381 g/mol. The van der Waals surface area contributed by atoms with Gasteiger partial charge in [-0.15, -0.1) is 0 Å². The Balaban J connectivity index is 2.08. The smallest absolute Gasteiger partial charge is 0.208 e. The molecule has 0 radical (unpaired) electrons. The molecule has 0 unspecified atom stereocenters. The number of nitrogens with zero attached hydrogens (tertiary/aromatic N) is 1. The summed E-state index contributed by atoms with van der Waals surface area (Å²) in [6.07, 6.45) is 0.625. The summed E-state index contributed by atoms with van der Waals surface area (Å²) in [5.41, 5.74) is 7.91. The van der Waals surface area contributed by atoms with Gasteiger partial charge in [0, 0.05) is 31.9 Å². The third-order valence-electron chi connectivity index (χ3n) is 4.54. The number of sulfone groups is 1. The fourth-order valence-electron chi connectivity index (χ4n) is 3.11. The van der Waals surface area contributed by atoms with Crippen molar-refractivity contribution in [3.63, 3.8) is 0 Å². The Morgan fingerprint density at radius 1 is 1.12 bits per heavy atom. The number of piperazine rings is 1. The van der Waals surface area contributed by atoms with Crippen LogP contribution in [-0.2, 0) is 16.3 Å². The maximum atomic E-state index is 13.5. The summed E-state index contributed by atoms with van der Waals surface area (Å²) in [5.74, 6) is -2.31. The van der Waals surface area contributed by atoms with E-state index in [-0.39, 0.29) is 15.5 Å². The average Bonchev–Trinajstić information content (AvgIpc) is 2.64. The van der Waals surface area contributed by atoms with Crippen molar-refractivity contribution < 1.29 is 17.2 Å². The molecule has 0 saturated carbocycles. The Morgan fingerprint density at radius 3 is 2.42 bits per heavy atom. The quantitative estimate of drug-likeness (QED) is 0.628. The fraction of sp³-hybridized carbons (Fsp3) is 0.333. The zero-order valence-corrected chi connectivity index (χ0v) is 15.2. The van der Waals surface area contributed by atoms with Gasteiger partial charge in [-0.2, -0.15) is 0 Å². The predicted octanol–water partition coefficient (Wildman–Crippen LogP) is 2.35. The van der Waals surface area contributed by atoms with Gasteiger partial charge in [0.25, 0.3) is 0 Å². The topological polar surface area (TPSA) is 75.4 Å². The van der Waals surface area contributed by atoms with E-state index in [1.54, 1.807) is 12.1 Å². The van der Waals surface area contributed by atoms with Crippen molar-refractivity contribution in [3.05, 3.63) is 47.5 Å². The highest BCUT2D eigenvalue weighted by molar-refractivity contribution is 7.91. The number of halogens is 2. The third-order valence-corrected chi connectivity index (χ3v) is 6.35. The van der Waals surface area contributed by atoms with E-state index >= 15 is 0 Å². The molecule has 1 heterocycles. The van der Waals surface area contributed by atoms with Crippen molar-refractivity contribution in [1.82, 2.24) is 5.32 Å². The zero-order chi connectivity index (χ0) is 18.9. The third kappa shape index (κ3) is 3.39. The number of hydrogen-bond acceptors (Lipinski definition) is 5. The van der Waals surface area contributed by atoms with E-state index in [9.17, 15) is 17.2 Å². The van der Waals surface area contributed by atoms with E-state index in [2.05, 4.69) is 10.2 Å². The molecule has 140 valence electrons. The molecular weight excluding hydrogens is 360 g/mol. The van der Waals surface area contributed by atoms with Crippen LogP contribution < -0.4 is 16.0 Å². The van der Waals surface area contributed by atoms with Crippen molar-refractivity contribution >= 4 is 21.2 Å². The first kappa shape index (κ1) is 18.6. The van der Waals surface area contributed by atoms with Gasteiger partial charge in [0.1, 0.15) is 0 Å². The first-order valence-corrected chi connectivity index (χ1v) is 9.91. The zero-order valence-electron chi connectivity index (χ0n) is 14.4. The number of aryl methyl sites for hydroxylation is 1. The van der Waals surface area contributed by atoms with E-state index in [1.807, 2.05) is 6.92 Å². The van der Waals surface area contributed by atoms with Crippen LogP contribution in [0.25, 0.3) is 0 Å². The number of anilines is 2. The van der Waals surface area contributed by atoms with Crippen molar-refractivity contribution in [2.24, 2.45) is 0 Å². The minimum atomic E-state index is -4.05. The molecule has 3 rings (SSSR count). The van der Waals surface area contributed by atoms with Gasteiger partial charge < -0.3 is 16.0 Å². The maximum absolute atomic E-state index is 13.5. The summed E-state index contributed by atoms with van der Waals surface area (Å²) in [7, 11) is -4.05. The average molecular weight is 381 g/mol. The van der Waals surface area contributed by atoms with Crippen molar-refractivity contribution in [1.29, 1.82) is 0 Å². The molecule has 1 aliphatic rings. The largest absolute Gasteiger partial charge is 0.398 e. The Morgan fingerprint density at radius 2 is 1.81 bits per heavy atom. The lowest BCUT2D eigenvalue weighted by molar-refractivity contribution is 0.504. The first-order valence-electron chi connectivity index (χ1n) is 8.42. The number of benzene rings is 2. The SMILES string of the molecule is CCc1cc(S(=O)(=O)c2ccc(F)c(F)c2)c(N)cc1N1CCNCC1. The van der Waals surface area contributed by atoms with E-state index in [0.29, 0.717) is 12.5 Å². The van der Waals surface area contributed by atoms with Crippen LogP contribution in [0.2, 0.25) is 0 Å². The van der Waals surface area contributed by atoms with E-state index < -0.39 is 21.5 Å². The molecule has 1 saturated heterocycles. The van der Waals surface area contributed by atoms with Gasteiger partial charge >= 0.3 is 0 Å². The number of nitrogen functional groups attached to an aromatic ring is 1. The predicted molar refractivity (Wildman–Crippen MR) is 97.1 cm³/mol. The molecule has 1 fully saturated rings. The van der Waals surface area contributed by atoms with Gasteiger partial charge in [-0.05, 0) is 42.3 Å². The van der Waals surface area contributed by atoms with Crippen molar-refractivity contribution in [2.75, 3.05) is 36.8 Å². The molecule has 2 aromatic rings. The van der Waals surface area contributed by atoms with E-state index in [4.69, 9.17) is 5.73 Å². The maximum Gasteiger partial charge on any atom is 0.208 e. The molecule has 3 N–H and O–H groups in total. The van der Waals surface area contributed by atoms with Crippen LogP contribution in [0.3, 0.4) is 0 Å². The van der Waals surface area contributed by atoms with Crippen LogP contribution in [0.1, 0.15) is 12.5 Å². The van der Waals surface area contributed by atoms with Gasteiger partial charge in [-0.1, -0.05) is 6.92 Å². The molecule has 1 aliphatic heterocycles. The van der Waals surface area contributed by atoms with Crippen molar-refractivity contribution in [2.45, 2.75) is 23.1 Å². The van der Waals surface area contributed by atoms with Crippen LogP contribution in [0.5, 0.6) is 0 Å². The molecule has 0 atom stereocenters. The lowest BCUT2D eigenvalue weighted by Crippen LogP contribution is -2.44. The molecule has 0 spiro atoms.